The number of hydrogen-bond donors (Lipinski definition) is 1. The molecule has 2 aromatic rings. The van der Waals surface area contributed by atoms with E-state index in [1.54, 1.807) is 30.3 Å². The van der Waals surface area contributed by atoms with Crippen LogP contribution >= 0.6 is 27.5 Å². The van der Waals surface area contributed by atoms with Crippen molar-refractivity contribution in [2.75, 3.05) is 24.7 Å². The number of carbonyl (C=O) groups is 3. The van der Waals surface area contributed by atoms with Crippen LogP contribution in [0.2, 0.25) is 5.02 Å². The molecule has 2 aromatic carbocycles. The van der Waals surface area contributed by atoms with Gasteiger partial charge < -0.3 is 24.4 Å². The molecule has 216 valence electrons. The van der Waals surface area contributed by atoms with E-state index in [1.807, 2.05) is 30.3 Å². The summed E-state index contributed by atoms with van der Waals surface area (Å²) in [6, 6.07) is 14.5. The third-order valence-corrected chi connectivity index (χ3v) is 9.38. The highest BCUT2D eigenvalue weighted by atomic mass is 79.9. The topological polar surface area (TPSA) is 96.4 Å². The molecule has 0 aliphatic carbocycles. The van der Waals surface area contributed by atoms with Gasteiger partial charge in [-0.15, -0.1) is 6.58 Å². The van der Waals surface area contributed by atoms with Gasteiger partial charge in [0.15, 0.2) is 0 Å². The molecule has 5 rings (SSSR count). The Morgan fingerprint density at radius 1 is 1.20 bits per heavy atom. The van der Waals surface area contributed by atoms with Crippen molar-refractivity contribution in [3.8, 4) is 0 Å². The van der Waals surface area contributed by atoms with Crippen LogP contribution in [0.5, 0.6) is 0 Å². The van der Waals surface area contributed by atoms with Crippen molar-refractivity contribution < 1.29 is 29.0 Å². The number of anilines is 1. The lowest BCUT2D eigenvalue weighted by molar-refractivity contribution is -0.154. The van der Waals surface area contributed by atoms with Gasteiger partial charge in [0.1, 0.15) is 18.2 Å². The number of alkyl halides is 1. The van der Waals surface area contributed by atoms with Gasteiger partial charge in [0.05, 0.1) is 41.3 Å². The van der Waals surface area contributed by atoms with Crippen molar-refractivity contribution in [2.45, 2.75) is 41.5 Å². The molecule has 2 amide bonds. The fourth-order valence-electron chi connectivity index (χ4n) is 6.64. The first-order valence-electron chi connectivity index (χ1n) is 13.5. The summed E-state index contributed by atoms with van der Waals surface area (Å²) < 4.78 is 12.0. The molecule has 8 nitrogen and oxygen atoms in total. The number of para-hydroxylation sites is 1. The number of halogens is 2. The van der Waals surface area contributed by atoms with Crippen LogP contribution in [0.3, 0.4) is 0 Å². The van der Waals surface area contributed by atoms with Crippen LogP contribution in [0, 0.1) is 11.8 Å². The third kappa shape index (κ3) is 5.03. The molecule has 0 aromatic heterocycles. The van der Waals surface area contributed by atoms with Gasteiger partial charge in [0, 0.05) is 11.4 Å². The molecule has 2 bridgehead atoms. The summed E-state index contributed by atoms with van der Waals surface area (Å²) in [5.41, 5.74) is 0.0230. The highest BCUT2D eigenvalue weighted by Gasteiger charge is 2.77. The van der Waals surface area contributed by atoms with Gasteiger partial charge in [-0.3, -0.25) is 14.4 Å². The molecular formula is C31H32BrClN2O6. The third-order valence-electron chi connectivity index (χ3n) is 8.22. The summed E-state index contributed by atoms with van der Waals surface area (Å²) in [6.45, 7) is 7.15. The second-order valence-electron chi connectivity index (χ2n) is 10.5. The minimum absolute atomic E-state index is 0.0120. The van der Waals surface area contributed by atoms with Crippen molar-refractivity contribution in [3.63, 3.8) is 0 Å². The Morgan fingerprint density at radius 2 is 1.90 bits per heavy atom. The highest BCUT2D eigenvalue weighted by molar-refractivity contribution is 9.09. The van der Waals surface area contributed by atoms with Crippen LogP contribution < -0.4 is 4.90 Å². The molecule has 3 heterocycles. The second kappa shape index (κ2) is 12.1. The molecule has 7 atom stereocenters. The highest BCUT2D eigenvalue weighted by Crippen LogP contribution is 2.61. The number of hydrogen-bond acceptors (Lipinski definition) is 6. The van der Waals surface area contributed by atoms with Gasteiger partial charge >= 0.3 is 5.97 Å². The number of esters is 1. The van der Waals surface area contributed by atoms with E-state index >= 15 is 0 Å². The summed E-state index contributed by atoms with van der Waals surface area (Å²) in [4.78, 5) is 45.1. The summed E-state index contributed by atoms with van der Waals surface area (Å²) in [5.74, 6) is -3.32. The minimum Gasteiger partial charge on any atom is -0.461 e. The fourth-order valence-corrected chi connectivity index (χ4v) is 7.82. The molecule has 3 aliphatic heterocycles. The van der Waals surface area contributed by atoms with Crippen molar-refractivity contribution in [3.05, 3.63) is 90.5 Å². The zero-order chi connectivity index (χ0) is 29.3. The average molecular weight is 644 g/mol. The Labute approximate surface area is 252 Å². The van der Waals surface area contributed by atoms with Crippen LogP contribution in [0.25, 0.3) is 0 Å². The van der Waals surface area contributed by atoms with Crippen LogP contribution in [0.1, 0.15) is 12.0 Å². The number of aliphatic hydroxyl groups is 1. The van der Waals surface area contributed by atoms with Crippen LogP contribution in [-0.4, -0.2) is 76.2 Å². The van der Waals surface area contributed by atoms with Crippen molar-refractivity contribution >= 4 is 51.0 Å². The number of nitrogens with zero attached hydrogens (tertiary/aromatic N) is 2. The quantitative estimate of drug-likeness (QED) is 0.227. The number of fused-ring (bicyclic) bond motifs is 1. The Hall–Kier alpha value is -2.98. The lowest BCUT2D eigenvalue weighted by Gasteiger charge is -2.39. The molecule has 3 fully saturated rings. The smallest absolute Gasteiger partial charge is 0.312 e. The van der Waals surface area contributed by atoms with Gasteiger partial charge in [-0.25, -0.2) is 0 Å². The molecule has 3 unspecified atom stereocenters. The molecule has 1 spiro atoms. The largest absolute Gasteiger partial charge is 0.461 e. The van der Waals surface area contributed by atoms with Crippen molar-refractivity contribution in [1.82, 2.24) is 4.90 Å². The molecule has 3 saturated heterocycles. The summed E-state index contributed by atoms with van der Waals surface area (Å²) in [5, 5.41) is 11.0. The number of carbonyl (C=O) groups excluding carboxylic acids is 3. The SMILES string of the molecule is C=CCOC(=O)[C@H]1[C@@H]2OC3(CC2Br)C(C(=O)N(CC=C)c2ccccc2Cl)N([C@@H](CO)Cc2ccccc2)C(=O)[C@H]13. The average Bonchev–Trinajstić information content (AvgIpc) is 3.57. The van der Waals surface area contributed by atoms with Crippen LogP contribution in [-0.2, 0) is 30.3 Å². The summed E-state index contributed by atoms with van der Waals surface area (Å²) >= 11 is 10.2. The monoisotopic (exact) mass is 642 g/mol. The summed E-state index contributed by atoms with van der Waals surface area (Å²) in [6.07, 6.45) is 3.01. The second-order valence-corrected chi connectivity index (χ2v) is 12.1. The van der Waals surface area contributed by atoms with Gasteiger partial charge in [0.2, 0.25) is 5.91 Å². The molecular weight excluding hydrogens is 612 g/mol. The normalized spacial score (nSPS) is 28.7. The number of amides is 2. The first kappa shape index (κ1) is 29.5. The number of ether oxygens (including phenoxy) is 2. The van der Waals surface area contributed by atoms with E-state index < -0.39 is 60.0 Å². The zero-order valence-electron chi connectivity index (χ0n) is 22.4. The maximum Gasteiger partial charge on any atom is 0.312 e. The lowest BCUT2D eigenvalue weighted by Crippen LogP contribution is -2.59. The maximum atomic E-state index is 14.7. The zero-order valence-corrected chi connectivity index (χ0v) is 24.7. The van der Waals surface area contributed by atoms with Crippen molar-refractivity contribution in [1.29, 1.82) is 0 Å². The molecule has 1 N–H and O–H groups in total. The van der Waals surface area contributed by atoms with Gasteiger partial charge in [0.25, 0.3) is 5.91 Å². The van der Waals surface area contributed by atoms with Gasteiger partial charge in [-0.05, 0) is 30.5 Å². The van der Waals surface area contributed by atoms with E-state index in [0.717, 1.165) is 5.56 Å². The molecule has 3 aliphatic rings. The Bertz CT molecular complexity index is 1340. The molecule has 10 heteroatoms. The van der Waals surface area contributed by atoms with Gasteiger partial charge in [-0.2, -0.15) is 0 Å². The van der Waals surface area contributed by atoms with E-state index in [2.05, 4.69) is 29.1 Å². The minimum atomic E-state index is -1.32. The standard InChI is InChI=1S/C31H32BrClN2O6/c1-3-14-34(23-13-9-8-12-22(23)33)29(38)27-31-17-21(32)26(41-31)24(30(39)40-15-4-2)25(31)28(37)35(27)20(18-36)16-19-10-6-5-7-11-19/h3-13,20-21,24-27,36H,1-2,14-18H2/t20-,21?,24-,25+,26-,27?,31?/m1/s1. The fraction of sp³-hybridized carbons (Fsp3) is 0.387. The maximum absolute atomic E-state index is 14.7. The van der Waals surface area contributed by atoms with Crippen LogP contribution in [0.15, 0.2) is 79.9 Å². The Balaban J connectivity index is 1.63. The number of benzene rings is 2. The number of likely N-dealkylation sites (tertiary alicyclic amines) is 1. The molecule has 0 saturated carbocycles. The van der Waals surface area contributed by atoms with E-state index in [1.165, 1.54) is 15.9 Å². The molecule has 0 radical (unpaired) electrons. The molecule has 41 heavy (non-hydrogen) atoms. The van der Waals surface area contributed by atoms with Crippen molar-refractivity contribution in [2.24, 2.45) is 11.8 Å². The predicted octanol–water partition coefficient (Wildman–Crippen LogP) is 3.94. The van der Waals surface area contributed by atoms with E-state index in [4.69, 9.17) is 21.1 Å². The Morgan fingerprint density at radius 3 is 2.56 bits per heavy atom. The number of rotatable bonds is 11. The van der Waals surface area contributed by atoms with Gasteiger partial charge in [-0.1, -0.05) is 88.7 Å². The number of aliphatic hydroxyl groups excluding tert-OH is 1. The predicted molar refractivity (Wildman–Crippen MR) is 159 cm³/mol. The van der Waals surface area contributed by atoms with E-state index in [-0.39, 0.29) is 18.0 Å². The van der Waals surface area contributed by atoms with E-state index in [0.29, 0.717) is 23.6 Å². The lowest BCUT2D eigenvalue weighted by atomic mass is 9.70. The first-order valence-corrected chi connectivity index (χ1v) is 14.8. The Kier molecular flexibility index (Phi) is 8.70. The van der Waals surface area contributed by atoms with E-state index in [9.17, 15) is 19.5 Å². The summed E-state index contributed by atoms with van der Waals surface area (Å²) in [7, 11) is 0. The first-order chi connectivity index (χ1) is 19.8. The van der Waals surface area contributed by atoms with Crippen LogP contribution in [0.4, 0.5) is 5.69 Å².